The fourth-order valence-electron chi connectivity index (χ4n) is 2.24. The van der Waals surface area contributed by atoms with Gasteiger partial charge in [0.2, 0.25) is 5.95 Å². The molecule has 1 saturated heterocycles. The van der Waals surface area contributed by atoms with Gasteiger partial charge in [0.15, 0.2) is 0 Å². The largest absolute Gasteiger partial charge is 0.352 e. The highest BCUT2D eigenvalue weighted by Gasteiger charge is 2.21. The van der Waals surface area contributed by atoms with Crippen LogP contribution in [-0.2, 0) is 0 Å². The van der Waals surface area contributed by atoms with Crippen LogP contribution in [0.4, 0.5) is 5.95 Å². The van der Waals surface area contributed by atoms with E-state index in [9.17, 15) is 0 Å². The van der Waals surface area contributed by atoms with Gasteiger partial charge in [-0.25, -0.2) is 9.97 Å². The summed E-state index contributed by atoms with van der Waals surface area (Å²) in [7, 11) is 4.12. The lowest BCUT2D eigenvalue weighted by Crippen LogP contribution is -2.43. The number of aromatic nitrogens is 2. The first-order valence-electron chi connectivity index (χ1n) is 6.93. The maximum Gasteiger partial charge on any atom is 0.222 e. The number of rotatable bonds is 5. The molecule has 0 saturated carbocycles. The Morgan fingerprint density at radius 3 is 2.58 bits per heavy atom. The summed E-state index contributed by atoms with van der Waals surface area (Å²) in [5.41, 5.74) is 1.29. The third kappa shape index (κ3) is 3.88. The maximum absolute atomic E-state index is 4.42. The Morgan fingerprint density at radius 1 is 1.37 bits per heavy atom. The van der Waals surface area contributed by atoms with E-state index in [1.54, 1.807) is 0 Å². The van der Waals surface area contributed by atoms with E-state index in [1.807, 2.05) is 19.4 Å². The van der Waals surface area contributed by atoms with E-state index in [0.29, 0.717) is 11.9 Å². The maximum atomic E-state index is 4.42. The first-order valence-corrected chi connectivity index (χ1v) is 6.93. The quantitative estimate of drug-likeness (QED) is 0.839. The van der Waals surface area contributed by atoms with Crippen molar-refractivity contribution in [3.8, 4) is 0 Å². The highest BCUT2D eigenvalue weighted by atomic mass is 15.1. The Balaban J connectivity index is 1.91. The van der Waals surface area contributed by atoms with Gasteiger partial charge in [-0.2, -0.15) is 0 Å². The molecule has 5 heteroatoms. The van der Waals surface area contributed by atoms with E-state index >= 15 is 0 Å². The van der Waals surface area contributed by atoms with Crippen LogP contribution in [0.1, 0.15) is 31.7 Å². The molecular formula is C14H25N5. The molecule has 0 amide bonds. The lowest BCUT2D eigenvalue weighted by molar-refractivity contribution is 0.411. The van der Waals surface area contributed by atoms with Gasteiger partial charge in [0, 0.05) is 36.9 Å². The summed E-state index contributed by atoms with van der Waals surface area (Å²) in [4.78, 5) is 11.2. The molecule has 19 heavy (non-hydrogen) atoms. The second-order valence-electron chi connectivity index (χ2n) is 6.08. The van der Waals surface area contributed by atoms with Gasteiger partial charge in [-0.15, -0.1) is 0 Å². The number of likely N-dealkylation sites (N-methyl/N-ethyl adjacent to an activating group) is 2. The summed E-state index contributed by atoms with van der Waals surface area (Å²) < 4.78 is 0. The average molecular weight is 263 g/mol. The molecule has 2 N–H and O–H groups in total. The van der Waals surface area contributed by atoms with Gasteiger partial charge in [0.25, 0.3) is 0 Å². The SMILES string of the molecule is CNC(C)(C)CNc1ncc(C2CCN(C)C2)cn1. The molecule has 0 spiro atoms. The first kappa shape index (κ1) is 14.2. The molecule has 106 valence electrons. The van der Waals surface area contributed by atoms with Crippen LogP contribution in [0.25, 0.3) is 0 Å². The number of nitrogens with one attached hydrogen (secondary N) is 2. The third-order valence-electron chi connectivity index (χ3n) is 3.90. The molecule has 1 aliphatic heterocycles. The van der Waals surface area contributed by atoms with E-state index in [1.165, 1.54) is 18.5 Å². The molecule has 0 bridgehead atoms. The van der Waals surface area contributed by atoms with Crippen LogP contribution in [-0.4, -0.2) is 54.1 Å². The van der Waals surface area contributed by atoms with Gasteiger partial charge in [-0.05, 0) is 46.5 Å². The molecular weight excluding hydrogens is 238 g/mol. The van der Waals surface area contributed by atoms with Gasteiger partial charge in [-0.1, -0.05) is 0 Å². The summed E-state index contributed by atoms with van der Waals surface area (Å²) in [6.07, 6.45) is 5.14. The number of nitrogens with zero attached hydrogens (tertiary/aromatic N) is 3. The predicted molar refractivity (Wildman–Crippen MR) is 78.5 cm³/mol. The molecule has 0 aliphatic carbocycles. The average Bonchev–Trinajstić information content (AvgIpc) is 2.84. The number of anilines is 1. The van der Waals surface area contributed by atoms with Gasteiger partial charge in [-0.3, -0.25) is 0 Å². The molecule has 1 atom stereocenters. The highest BCUT2D eigenvalue weighted by Crippen LogP contribution is 2.25. The second-order valence-corrected chi connectivity index (χ2v) is 6.08. The van der Waals surface area contributed by atoms with Crippen molar-refractivity contribution in [3.63, 3.8) is 0 Å². The lowest BCUT2D eigenvalue weighted by Gasteiger charge is -2.24. The van der Waals surface area contributed by atoms with Crippen LogP contribution in [0, 0.1) is 0 Å². The summed E-state index contributed by atoms with van der Waals surface area (Å²) in [5, 5.41) is 6.52. The monoisotopic (exact) mass is 263 g/mol. The summed E-state index contributed by atoms with van der Waals surface area (Å²) in [6, 6.07) is 0. The van der Waals surface area contributed by atoms with E-state index < -0.39 is 0 Å². The Morgan fingerprint density at radius 2 is 2.05 bits per heavy atom. The normalized spacial score (nSPS) is 20.7. The van der Waals surface area contributed by atoms with Crippen LogP contribution in [0.5, 0.6) is 0 Å². The number of likely N-dealkylation sites (tertiary alicyclic amines) is 1. The van der Waals surface area contributed by atoms with Gasteiger partial charge >= 0.3 is 0 Å². The molecule has 2 rings (SSSR count). The Kier molecular flexibility index (Phi) is 4.37. The zero-order valence-electron chi connectivity index (χ0n) is 12.4. The number of hydrogen-bond acceptors (Lipinski definition) is 5. The van der Waals surface area contributed by atoms with Gasteiger partial charge in [0.05, 0.1) is 0 Å². The zero-order valence-corrected chi connectivity index (χ0v) is 12.4. The van der Waals surface area contributed by atoms with Crippen molar-refractivity contribution in [3.05, 3.63) is 18.0 Å². The van der Waals surface area contributed by atoms with Crippen molar-refractivity contribution in [1.82, 2.24) is 20.2 Å². The molecule has 1 aromatic heterocycles. The summed E-state index contributed by atoms with van der Waals surface area (Å²) in [5.74, 6) is 1.30. The topological polar surface area (TPSA) is 53.1 Å². The van der Waals surface area contributed by atoms with Crippen molar-refractivity contribution >= 4 is 5.95 Å². The molecule has 1 aliphatic rings. The predicted octanol–water partition coefficient (Wildman–Crippen LogP) is 1.31. The van der Waals surface area contributed by atoms with Crippen molar-refractivity contribution in [2.75, 3.05) is 39.0 Å². The molecule has 1 aromatic rings. The lowest BCUT2D eigenvalue weighted by atomic mass is 10.0. The Bertz CT molecular complexity index is 401. The molecule has 5 nitrogen and oxygen atoms in total. The van der Waals surface area contributed by atoms with Gasteiger partial charge < -0.3 is 15.5 Å². The minimum atomic E-state index is 0.0379. The van der Waals surface area contributed by atoms with Crippen LogP contribution in [0.15, 0.2) is 12.4 Å². The smallest absolute Gasteiger partial charge is 0.222 e. The van der Waals surface area contributed by atoms with E-state index in [-0.39, 0.29) is 5.54 Å². The van der Waals surface area contributed by atoms with Crippen LogP contribution in [0.3, 0.4) is 0 Å². The van der Waals surface area contributed by atoms with Crippen molar-refractivity contribution in [2.45, 2.75) is 31.7 Å². The Labute approximate surface area is 115 Å². The molecule has 0 radical (unpaired) electrons. The minimum Gasteiger partial charge on any atom is -0.352 e. The minimum absolute atomic E-state index is 0.0379. The Hall–Kier alpha value is -1.20. The summed E-state index contributed by atoms with van der Waals surface area (Å²) in [6.45, 7) is 7.37. The third-order valence-corrected chi connectivity index (χ3v) is 3.90. The van der Waals surface area contributed by atoms with Crippen LogP contribution in [0.2, 0.25) is 0 Å². The number of hydrogen-bond donors (Lipinski definition) is 2. The van der Waals surface area contributed by atoms with E-state index in [0.717, 1.165) is 13.1 Å². The molecule has 2 heterocycles. The molecule has 1 fully saturated rings. The van der Waals surface area contributed by atoms with E-state index in [2.05, 4.69) is 46.4 Å². The van der Waals surface area contributed by atoms with Gasteiger partial charge in [0.1, 0.15) is 0 Å². The first-order chi connectivity index (χ1) is 9.00. The van der Waals surface area contributed by atoms with E-state index in [4.69, 9.17) is 0 Å². The van der Waals surface area contributed by atoms with Crippen LogP contribution < -0.4 is 10.6 Å². The zero-order chi connectivity index (χ0) is 13.9. The summed E-state index contributed by atoms with van der Waals surface area (Å²) >= 11 is 0. The van der Waals surface area contributed by atoms with Crippen molar-refractivity contribution < 1.29 is 0 Å². The molecule has 0 aromatic carbocycles. The standard InChI is InChI=1S/C14H25N5/c1-14(2,15-3)10-18-13-16-7-12(8-17-13)11-5-6-19(4)9-11/h7-8,11,15H,5-6,9-10H2,1-4H3,(H,16,17,18). The van der Waals surface area contributed by atoms with Crippen LogP contribution >= 0.6 is 0 Å². The molecule has 1 unspecified atom stereocenters. The van der Waals surface area contributed by atoms with Crippen molar-refractivity contribution in [2.24, 2.45) is 0 Å². The fraction of sp³-hybridized carbons (Fsp3) is 0.714. The highest BCUT2D eigenvalue weighted by molar-refractivity contribution is 5.27. The fourth-order valence-corrected chi connectivity index (χ4v) is 2.24. The second kappa shape index (κ2) is 5.84. The van der Waals surface area contributed by atoms with Crippen molar-refractivity contribution in [1.29, 1.82) is 0 Å².